The largest absolute Gasteiger partial charge is 0.444 e. The molecule has 1 fully saturated rings. The van der Waals surface area contributed by atoms with E-state index in [2.05, 4.69) is 37.4 Å². The fourth-order valence-corrected chi connectivity index (χ4v) is 3.28. The Balaban J connectivity index is 0.00000364. The number of amides is 1. The van der Waals surface area contributed by atoms with Crippen molar-refractivity contribution in [3.05, 3.63) is 22.4 Å². The highest BCUT2D eigenvalue weighted by molar-refractivity contribution is 14.0. The third kappa shape index (κ3) is 9.11. The van der Waals surface area contributed by atoms with Crippen LogP contribution in [0.2, 0.25) is 0 Å². The molecule has 1 saturated heterocycles. The van der Waals surface area contributed by atoms with Crippen molar-refractivity contribution >= 4 is 47.4 Å². The minimum absolute atomic E-state index is 0. The van der Waals surface area contributed by atoms with Crippen LogP contribution in [0.5, 0.6) is 0 Å². The lowest BCUT2D eigenvalue weighted by Gasteiger charge is -2.35. The van der Waals surface area contributed by atoms with E-state index in [0.717, 1.165) is 38.7 Å². The Labute approximate surface area is 183 Å². The van der Waals surface area contributed by atoms with Crippen LogP contribution >= 0.6 is 35.3 Å². The van der Waals surface area contributed by atoms with Crippen LogP contribution in [-0.2, 0) is 11.3 Å². The molecule has 1 aliphatic rings. The van der Waals surface area contributed by atoms with Gasteiger partial charge < -0.3 is 20.3 Å². The van der Waals surface area contributed by atoms with E-state index >= 15 is 0 Å². The summed E-state index contributed by atoms with van der Waals surface area (Å²) in [5, 5.41) is 10.9. The number of nitrogens with zero attached hydrogens (tertiary/aromatic N) is 3. The van der Waals surface area contributed by atoms with Crippen molar-refractivity contribution in [3.8, 4) is 0 Å². The molecule has 7 nitrogen and oxygen atoms in total. The Kier molecular flexibility index (Phi) is 10.4. The van der Waals surface area contributed by atoms with Crippen LogP contribution < -0.4 is 10.6 Å². The average Bonchev–Trinajstić information content (AvgIpc) is 3.10. The summed E-state index contributed by atoms with van der Waals surface area (Å²) >= 11 is 1.70. The van der Waals surface area contributed by atoms with E-state index in [4.69, 9.17) is 4.74 Å². The van der Waals surface area contributed by atoms with Gasteiger partial charge in [-0.3, -0.25) is 9.89 Å². The molecule has 2 N–H and O–H groups in total. The predicted octanol–water partition coefficient (Wildman–Crippen LogP) is 2.58. The highest BCUT2D eigenvalue weighted by Crippen LogP contribution is 2.11. The lowest BCUT2D eigenvalue weighted by atomic mass is 10.2. The Morgan fingerprint density at radius 2 is 1.96 bits per heavy atom. The molecule has 2 heterocycles. The zero-order chi connectivity index (χ0) is 19.0. The van der Waals surface area contributed by atoms with Crippen molar-refractivity contribution < 1.29 is 9.53 Å². The number of hydrogen-bond donors (Lipinski definition) is 2. The van der Waals surface area contributed by atoms with Crippen LogP contribution in [0, 0.1) is 0 Å². The standard InChI is InChI=1S/C18H31N5O2S.HI/c1-18(2,3)25-17(24)23-10-8-22(9-11-23)7-6-20-16(19-4)21-13-15-5-12-26-14-15;/h5,12,14H,6-11,13H2,1-4H3,(H2,19,20,21);1H. The van der Waals surface area contributed by atoms with Gasteiger partial charge >= 0.3 is 6.09 Å². The van der Waals surface area contributed by atoms with Crippen molar-refractivity contribution in [1.29, 1.82) is 0 Å². The summed E-state index contributed by atoms with van der Waals surface area (Å²) in [6.07, 6.45) is -0.215. The molecule has 0 atom stereocenters. The normalized spacial score (nSPS) is 15.9. The number of aliphatic imine (C=N–C) groups is 1. The molecule has 9 heteroatoms. The average molecular weight is 509 g/mol. The van der Waals surface area contributed by atoms with Crippen LogP contribution in [0.15, 0.2) is 21.8 Å². The summed E-state index contributed by atoms with van der Waals surface area (Å²) in [5.74, 6) is 0.809. The summed E-state index contributed by atoms with van der Waals surface area (Å²) in [6, 6.07) is 2.11. The van der Waals surface area contributed by atoms with Gasteiger partial charge in [0.05, 0.1) is 0 Å². The SMILES string of the molecule is CN=C(NCCN1CCN(C(=O)OC(C)(C)C)CC1)NCc1ccsc1.I. The van der Waals surface area contributed by atoms with Gasteiger partial charge in [0.1, 0.15) is 5.60 Å². The van der Waals surface area contributed by atoms with Gasteiger partial charge in [-0.05, 0) is 43.2 Å². The Morgan fingerprint density at radius 1 is 1.26 bits per heavy atom. The second kappa shape index (κ2) is 11.7. The summed E-state index contributed by atoms with van der Waals surface area (Å²) in [5.41, 5.74) is 0.820. The number of piperazine rings is 1. The second-order valence-corrected chi connectivity index (χ2v) is 8.07. The molecule has 0 aliphatic carbocycles. The summed E-state index contributed by atoms with van der Waals surface area (Å²) in [6.45, 7) is 11.3. The molecule has 0 bridgehead atoms. The minimum atomic E-state index is -0.440. The topological polar surface area (TPSA) is 69.2 Å². The smallest absolute Gasteiger partial charge is 0.410 e. The molecule has 0 spiro atoms. The minimum Gasteiger partial charge on any atom is -0.444 e. The lowest BCUT2D eigenvalue weighted by molar-refractivity contribution is 0.0147. The maximum absolute atomic E-state index is 12.1. The van der Waals surface area contributed by atoms with E-state index in [-0.39, 0.29) is 30.1 Å². The Bertz CT molecular complexity index is 581. The predicted molar refractivity (Wildman–Crippen MR) is 122 cm³/mol. The molecule has 1 aliphatic heterocycles. The molecule has 0 unspecified atom stereocenters. The third-order valence-corrected chi connectivity index (χ3v) is 4.74. The molecule has 0 radical (unpaired) electrons. The maximum atomic E-state index is 12.1. The van der Waals surface area contributed by atoms with E-state index in [1.54, 1.807) is 23.3 Å². The Hall–Kier alpha value is -1.07. The van der Waals surface area contributed by atoms with E-state index in [1.165, 1.54) is 5.56 Å². The molecule has 2 rings (SSSR count). The van der Waals surface area contributed by atoms with Gasteiger partial charge in [0.2, 0.25) is 0 Å². The van der Waals surface area contributed by atoms with Crippen LogP contribution in [0.4, 0.5) is 4.79 Å². The van der Waals surface area contributed by atoms with E-state index < -0.39 is 5.60 Å². The molecule has 27 heavy (non-hydrogen) atoms. The Morgan fingerprint density at radius 3 is 2.52 bits per heavy atom. The zero-order valence-corrected chi connectivity index (χ0v) is 19.8. The quantitative estimate of drug-likeness (QED) is 0.363. The molecule has 0 saturated carbocycles. The van der Waals surface area contributed by atoms with Gasteiger partial charge in [-0.1, -0.05) is 0 Å². The third-order valence-electron chi connectivity index (χ3n) is 4.01. The monoisotopic (exact) mass is 509 g/mol. The summed E-state index contributed by atoms with van der Waals surface area (Å²) in [7, 11) is 1.78. The summed E-state index contributed by atoms with van der Waals surface area (Å²) in [4.78, 5) is 20.5. The molecule has 154 valence electrons. The number of hydrogen-bond acceptors (Lipinski definition) is 5. The van der Waals surface area contributed by atoms with Gasteiger partial charge in [-0.25, -0.2) is 4.79 Å². The van der Waals surface area contributed by atoms with Crippen LogP contribution in [0.3, 0.4) is 0 Å². The molecule has 1 aromatic rings. The van der Waals surface area contributed by atoms with Crippen molar-refractivity contribution in [2.45, 2.75) is 32.9 Å². The van der Waals surface area contributed by atoms with Crippen LogP contribution in [-0.4, -0.2) is 73.8 Å². The van der Waals surface area contributed by atoms with Crippen molar-refractivity contribution in [2.24, 2.45) is 4.99 Å². The van der Waals surface area contributed by atoms with E-state index in [9.17, 15) is 4.79 Å². The van der Waals surface area contributed by atoms with Gasteiger partial charge in [0.15, 0.2) is 5.96 Å². The van der Waals surface area contributed by atoms with Crippen molar-refractivity contribution in [3.63, 3.8) is 0 Å². The highest BCUT2D eigenvalue weighted by atomic mass is 127. The van der Waals surface area contributed by atoms with Gasteiger partial charge in [-0.15, -0.1) is 24.0 Å². The zero-order valence-electron chi connectivity index (χ0n) is 16.7. The number of carbonyl (C=O) groups excluding carboxylic acids is 1. The van der Waals surface area contributed by atoms with Crippen LogP contribution in [0.25, 0.3) is 0 Å². The van der Waals surface area contributed by atoms with Crippen molar-refractivity contribution in [1.82, 2.24) is 20.4 Å². The number of guanidine groups is 1. The summed E-state index contributed by atoms with van der Waals surface area (Å²) < 4.78 is 5.43. The number of ether oxygens (including phenoxy) is 1. The van der Waals surface area contributed by atoms with E-state index in [0.29, 0.717) is 13.1 Å². The number of nitrogens with one attached hydrogen (secondary N) is 2. The lowest BCUT2D eigenvalue weighted by Crippen LogP contribution is -2.51. The maximum Gasteiger partial charge on any atom is 0.410 e. The number of halogens is 1. The van der Waals surface area contributed by atoms with Gasteiger partial charge in [0.25, 0.3) is 0 Å². The van der Waals surface area contributed by atoms with Gasteiger partial charge in [-0.2, -0.15) is 11.3 Å². The highest BCUT2D eigenvalue weighted by Gasteiger charge is 2.25. The first-order chi connectivity index (χ1) is 12.4. The molecule has 0 aromatic carbocycles. The second-order valence-electron chi connectivity index (χ2n) is 7.29. The first-order valence-electron chi connectivity index (χ1n) is 9.03. The molecular formula is C18H32IN5O2S. The first kappa shape index (κ1) is 24.0. The molecular weight excluding hydrogens is 477 g/mol. The van der Waals surface area contributed by atoms with Gasteiger partial charge in [0, 0.05) is 52.9 Å². The number of thiophene rings is 1. The fourth-order valence-electron chi connectivity index (χ4n) is 2.61. The van der Waals surface area contributed by atoms with Crippen LogP contribution in [0.1, 0.15) is 26.3 Å². The first-order valence-corrected chi connectivity index (χ1v) is 9.97. The number of rotatable bonds is 5. The van der Waals surface area contributed by atoms with E-state index in [1.807, 2.05) is 20.8 Å². The molecule has 1 amide bonds. The molecule has 1 aromatic heterocycles. The van der Waals surface area contributed by atoms with Crippen molar-refractivity contribution in [2.75, 3.05) is 46.3 Å². The fraction of sp³-hybridized carbons (Fsp3) is 0.667. The number of carbonyl (C=O) groups is 1.